The number of halogens is 2. The van der Waals surface area contributed by atoms with E-state index in [1.54, 1.807) is 0 Å². The van der Waals surface area contributed by atoms with E-state index in [0.717, 1.165) is 36.2 Å². The molecule has 1 aromatic carbocycles. The van der Waals surface area contributed by atoms with Gasteiger partial charge in [0.1, 0.15) is 0 Å². The summed E-state index contributed by atoms with van der Waals surface area (Å²) < 4.78 is 0. The van der Waals surface area contributed by atoms with Crippen LogP contribution in [0.4, 0.5) is 0 Å². The predicted octanol–water partition coefficient (Wildman–Crippen LogP) is 2.57. The van der Waals surface area contributed by atoms with Crippen LogP contribution in [0.25, 0.3) is 0 Å². The third kappa shape index (κ3) is 5.45. The Hall–Kier alpha value is -0.570. The fourth-order valence-corrected chi connectivity index (χ4v) is 3.82. The molecule has 2 N–H and O–H groups in total. The van der Waals surface area contributed by atoms with Crippen molar-refractivity contribution in [2.75, 3.05) is 45.8 Å². The zero-order valence-electron chi connectivity index (χ0n) is 15.0. The molecule has 0 saturated carbocycles. The second-order valence-electron chi connectivity index (χ2n) is 6.60. The lowest BCUT2D eigenvalue weighted by Crippen LogP contribution is -2.62. The second kappa shape index (κ2) is 9.94. The Labute approximate surface area is 173 Å². The van der Waals surface area contributed by atoms with Crippen molar-refractivity contribution in [1.29, 1.82) is 0 Å². The van der Waals surface area contributed by atoms with Gasteiger partial charge in [-0.3, -0.25) is 14.8 Å². The maximum Gasteiger partial charge on any atom is 0.191 e. The van der Waals surface area contributed by atoms with Gasteiger partial charge in [-0.25, -0.2) is 0 Å². The average Bonchev–Trinajstić information content (AvgIpc) is 2.61. The third-order valence-corrected chi connectivity index (χ3v) is 5.27. The lowest BCUT2D eigenvalue weighted by molar-refractivity contribution is 0.0174. The zero-order chi connectivity index (χ0) is 16.9. The molecule has 0 radical (unpaired) electrons. The summed E-state index contributed by atoms with van der Waals surface area (Å²) in [5.74, 6) is 0.863. The summed E-state index contributed by atoms with van der Waals surface area (Å²) in [4.78, 5) is 9.96. The van der Waals surface area contributed by atoms with Gasteiger partial charge in [0, 0.05) is 50.3 Å². The first-order valence-corrected chi connectivity index (χ1v) is 9.31. The third-order valence-electron chi connectivity index (χ3n) is 4.92. The zero-order valence-corrected chi connectivity index (χ0v) is 18.1. The Morgan fingerprint density at radius 3 is 2.60 bits per heavy atom. The van der Waals surface area contributed by atoms with Crippen molar-refractivity contribution in [3.05, 3.63) is 34.9 Å². The van der Waals surface area contributed by atoms with Gasteiger partial charge < -0.3 is 10.6 Å². The second-order valence-corrected chi connectivity index (χ2v) is 7.00. The van der Waals surface area contributed by atoms with Gasteiger partial charge in [0.05, 0.1) is 12.6 Å². The van der Waals surface area contributed by atoms with Crippen LogP contribution in [0.1, 0.15) is 25.5 Å². The molecule has 7 heteroatoms. The van der Waals surface area contributed by atoms with Gasteiger partial charge in [-0.15, -0.1) is 24.0 Å². The van der Waals surface area contributed by atoms with E-state index in [9.17, 15) is 0 Å². The van der Waals surface area contributed by atoms with E-state index in [1.807, 2.05) is 18.2 Å². The van der Waals surface area contributed by atoms with Gasteiger partial charge >= 0.3 is 0 Å². The summed E-state index contributed by atoms with van der Waals surface area (Å²) in [5, 5.41) is 7.62. The monoisotopic (exact) mass is 477 g/mol. The number of piperazine rings is 3. The van der Waals surface area contributed by atoms with Crippen molar-refractivity contribution >= 4 is 41.5 Å². The van der Waals surface area contributed by atoms with Crippen LogP contribution in [0.3, 0.4) is 0 Å². The number of nitrogens with zero attached hydrogens (tertiary/aromatic N) is 3. The van der Waals surface area contributed by atoms with Crippen LogP contribution in [-0.2, 0) is 0 Å². The molecule has 0 aliphatic carbocycles. The van der Waals surface area contributed by atoms with Crippen LogP contribution in [-0.4, -0.2) is 67.6 Å². The minimum absolute atomic E-state index is 0. The molecule has 2 unspecified atom stereocenters. The molecular weight excluding hydrogens is 449 g/mol. The Morgan fingerprint density at radius 1 is 1.28 bits per heavy atom. The molecule has 3 heterocycles. The highest BCUT2D eigenvalue weighted by molar-refractivity contribution is 14.0. The molecule has 140 valence electrons. The normalized spacial score (nSPS) is 26.7. The van der Waals surface area contributed by atoms with Gasteiger partial charge in [0.25, 0.3) is 0 Å². The Bertz CT molecular complexity index is 574. The van der Waals surface area contributed by atoms with Crippen LogP contribution < -0.4 is 10.6 Å². The first kappa shape index (κ1) is 20.7. The van der Waals surface area contributed by atoms with E-state index in [2.05, 4.69) is 40.3 Å². The van der Waals surface area contributed by atoms with Gasteiger partial charge in [-0.1, -0.05) is 29.8 Å². The standard InChI is InChI=1S/C18H28ClN5.HI/c1-3-20-18(22-14(2)16-6-4-5-7-17(16)19)21-12-15-13-23-8-10-24(15)11-9-23;/h4-7,14-15H,3,8-13H2,1-2H3,(H2,20,21,22);1H. The van der Waals surface area contributed by atoms with Crippen LogP contribution in [0, 0.1) is 0 Å². The van der Waals surface area contributed by atoms with E-state index < -0.39 is 0 Å². The number of fused-ring (bicyclic) bond motifs is 3. The molecule has 2 bridgehead atoms. The fraction of sp³-hybridized carbons (Fsp3) is 0.611. The highest BCUT2D eigenvalue weighted by atomic mass is 127. The average molecular weight is 478 g/mol. The number of hydrogen-bond acceptors (Lipinski definition) is 3. The lowest BCUT2D eigenvalue weighted by Gasteiger charge is -2.47. The van der Waals surface area contributed by atoms with Crippen molar-refractivity contribution in [3.8, 4) is 0 Å². The molecule has 4 rings (SSSR count). The molecule has 3 fully saturated rings. The van der Waals surface area contributed by atoms with E-state index >= 15 is 0 Å². The number of rotatable bonds is 5. The van der Waals surface area contributed by atoms with Crippen LogP contribution in [0.2, 0.25) is 5.02 Å². The van der Waals surface area contributed by atoms with E-state index in [1.165, 1.54) is 26.2 Å². The van der Waals surface area contributed by atoms with Gasteiger partial charge in [0.15, 0.2) is 5.96 Å². The number of aliphatic imine (C=N–C) groups is 1. The number of benzene rings is 1. The quantitative estimate of drug-likeness (QED) is 0.389. The summed E-state index contributed by atoms with van der Waals surface area (Å²) in [7, 11) is 0. The molecule has 5 nitrogen and oxygen atoms in total. The first-order valence-electron chi connectivity index (χ1n) is 8.93. The molecule has 2 atom stereocenters. The summed E-state index contributed by atoms with van der Waals surface area (Å²) in [6.45, 7) is 11.8. The molecule has 1 aromatic rings. The number of nitrogens with one attached hydrogen (secondary N) is 2. The molecule has 3 aliphatic rings. The molecule has 0 spiro atoms. The topological polar surface area (TPSA) is 42.9 Å². The highest BCUT2D eigenvalue weighted by Crippen LogP contribution is 2.22. The Kier molecular flexibility index (Phi) is 8.25. The van der Waals surface area contributed by atoms with Crippen LogP contribution in [0.15, 0.2) is 29.3 Å². The summed E-state index contributed by atoms with van der Waals surface area (Å²) in [6.07, 6.45) is 0. The maximum absolute atomic E-state index is 6.31. The molecule has 25 heavy (non-hydrogen) atoms. The highest BCUT2D eigenvalue weighted by Gasteiger charge is 2.31. The fourth-order valence-electron chi connectivity index (χ4n) is 3.52. The molecule has 0 aromatic heterocycles. The lowest BCUT2D eigenvalue weighted by atomic mass is 10.1. The molecule has 0 amide bonds. The first-order chi connectivity index (χ1) is 11.7. The summed E-state index contributed by atoms with van der Waals surface area (Å²) in [5.41, 5.74) is 1.09. The van der Waals surface area contributed by atoms with Gasteiger partial charge in [-0.05, 0) is 25.5 Å². The maximum atomic E-state index is 6.31. The number of hydrogen-bond donors (Lipinski definition) is 2. The minimum atomic E-state index is 0. The molecular formula is C18H29ClIN5. The van der Waals surface area contributed by atoms with Crippen molar-refractivity contribution in [3.63, 3.8) is 0 Å². The Balaban J connectivity index is 0.00000225. The van der Waals surface area contributed by atoms with E-state index in [4.69, 9.17) is 16.6 Å². The predicted molar refractivity (Wildman–Crippen MR) is 116 cm³/mol. The molecule has 3 aliphatic heterocycles. The van der Waals surface area contributed by atoms with Gasteiger partial charge in [0.2, 0.25) is 0 Å². The summed E-state index contributed by atoms with van der Waals surface area (Å²) in [6, 6.07) is 8.62. The van der Waals surface area contributed by atoms with Crippen LogP contribution in [0.5, 0.6) is 0 Å². The molecule has 3 saturated heterocycles. The van der Waals surface area contributed by atoms with Crippen molar-refractivity contribution in [1.82, 2.24) is 20.4 Å². The van der Waals surface area contributed by atoms with Gasteiger partial charge in [-0.2, -0.15) is 0 Å². The smallest absolute Gasteiger partial charge is 0.191 e. The van der Waals surface area contributed by atoms with Crippen molar-refractivity contribution in [2.45, 2.75) is 25.9 Å². The van der Waals surface area contributed by atoms with Crippen molar-refractivity contribution < 1.29 is 0 Å². The minimum Gasteiger partial charge on any atom is -0.357 e. The number of guanidine groups is 1. The largest absolute Gasteiger partial charge is 0.357 e. The Morgan fingerprint density at radius 2 is 2.00 bits per heavy atom. The SMILES string of the molecule is CCNC(=NCC1CN2CCN1CC2)NC(C)c1ccccc1Cl.I. The van der Waals surface area contributed by atoms with Crippen LogP contribution >= 0.6 is 35.6 Å². The van der Waals surface area contributed by atoms with E-state index in [-0.39, 0.29) is 30.0 Å². The van der Waals surface area contributed by atoms with E-state index in [0.29, 0.717) is 6.04 Å². The van der Waals surface area contributed by atoms with Crippen molar-refractivity contribution in [2.24, 2.45) is 4.99 Å². The summed E-state index contributed by atoms with van der Waals surface area (Å²) >= 11 is 6.31.